The first-order chi connectivity index (χ1) is 9.61. The number of hydrogen-bond acceptors (Lipinski definition) is 4. The largest absolute Gasteiger partial charge is 0.397 e. The van der Waals surface area contributed by atoms with E-state index in [9.17, 15) is 4.79 Å². The Morgan fingerprint density at radius 1 is 1.50 bits per heavy atom. The van der Waals surface area contributed by atoms with Crippen LogP contribution in [-0.2, 0) is 7.05 Å². The molecule has 20 heavy (non-hydrogen) atoms. The lowest BCUT2D eigenvalue weighted by Crippen LogP contribution is -2.16. The van der Waals surface area contributed by atoms with Crippen molar-refractivity contribution < 1.29 is 4.79 Å². The van der Waals surface area contributed by atoms with Gasteiger partial charge in [-0.05, 0) is 30.4 Å². The third kappa shape index (κ3) is 3.33. The van der Waals surface area contributed by atoms with Crippen LogP contribution >= 0.6 is 11.8 Å². The van der Waals surface area contributed by atoms with E-state index in [-0.39, 0.29) is 5.91 Å². The van der Waals surface area contributed by atoms with Crippen molar-refractivity contribution in [3.8, 4) is 0 Å². The molecule has 2 aromatic rings. The molecule has 0 saturated carbocycles. The molecule has 1 aromatic carbocycles. The van der Waals surface area contributed by atoms with Crippen LogP contribution in [0.1, 0.15) is 23.8 Å². The highest BCUT2D eigenvalue weighted by Crippen LogP contribution is 2.27. The Hall–Kier alpha value is -1.95. The third-order valence-corrected chi connectivity index (χ3v) is 3.99. The van der Waals surface area contributed by atoms with Crippen LogP contribution < -0.4 is 11.1 Å². The average molecular weight is 290 g/mol. The molecule has 0 atom stereocenters. The molecule has 0 saturated heterocycles. The van der Waals surface area contributed by atoms with Gasteiger partial charge in [0.05, 0.1) is 23.9 Å². The van der Waals surface area contributed by atoms with Crippen LogP contribution in [0.25, 0.3) is 0 Å². The summed E-state index contributed by atoms with van der Waals surface area (Å²) in [4.78, 5) is 17.2. The van der Waals surface area contributed by atoms with E-state index in [2.05, 4.69) is 17.2 Å². The van der Waals surface area contributed by atoms with Crippen molar-refractivity contribution in [1.82, 2.24) is 9.55 Å². The molecule has 1 amide bonds. The van der Waals surface area contributed by atoms with E-state index in [0.717, 1.165) is 17.1 Å². The van der Waals surface area contributed by atoms with Crippen LogP contribution in [-0.4, -0.2) is 21.2 Å². The number of nitrogens with two attached hydrogens (primary N) is 1. The average Bonchev–Trinajstić information content (AvgIpc) is 2.86. The van der Waals surface area contributed by atoms with Crippen LogP contribution in [0.2, 0.25) is 0 Å². The second-order valence-corrected chi connectivity index (χ2v) is 5.61. The molecule has 106 valence electrons. The maximum absolute atomic E-state index is 12.1. The Bertz CT molecular complexity index is 609. The summed E-state index contributed by atoms with van der Waals surface area (Å²) in [6.45, 7) is 2.13. The zero-order valence-electron chi connectivity index (χ0n) is 11.6. The summed E-state index contributed by atoms with van der Waals surface area (Å²) in [7, 11) is 1.78. The summed E-state index contributed by atoms with van der Waals surface area (Å²) in [5, 5.41) is 2.83. The zero-order valence-corrected chi connectivity index (χ0v) is 12.4. The quantitative estimate of drug-likeness (QED) is 0.656. The van der Waals surface area contributed by atoms with E-state index in [1.54, 1.807) is 29.7 Å². The van der Waals surface area contributed by atoms with E-state index in [1.807, 2.05) is 18.2 Å². The second-order valence-electron chi connectivity index (χ2n) is 4.44. The number of nitrogens with zero attached hydrogens (tertiary/aromatic N) is 2. The molecule has 5 nitrogen and oxygen atoms in total. The van der Waals surface area contributed by atoms with Gasteiger partial charge in [0, 0.05) is 11.9 Å². The topological polar surface area (TPSA) is 72.9 Å². The molecular formula is C14H18N4OS. The molecule has 2 rings (SSSR count). The Morgan fingerprint density at radius 3 is 2.95 bits per heavy atom. The Kier molecular flexibility index (Phi) is 4.68. The highest BCUT2D eigenvalue weighted by Gasteiger charge is 2.12. The molecule has 0 aliphatic carbocycles. The summed E-state index contributed by atoms with van der Waals surface area (Å²) < 4.78 is 1.67. The van der Waals surface area contributed by atoms with Crippen molar-refractivity contribution in [3.63, 3.8) is 0 Å². The highest BCUT2D eigenvalue weighted by atomic mass is 32.2. The lowest BCUT2D eigenvalue weighted by molar-refractivity contribution is 0.101. The number of thioether (sulfide) groups is 1. The van der Waals surface area contributed by atoms with E-state index in [1.165, 1.54) is 6.20 Å². The van der Waals surface area contributed by atoms with Gasteiger partial charge in [-0.2, -0.15) is 0 Å². The second kappa shape index (κ2) is 6.47. The molecule has 0 bridgehead atoms. The van der Waals surface area contributed by atoms with Gasteiger partial charge in [0.15, 0.2) is 0 Å². The van der Waals surface area contributed by atoms with Gasteiger partial charge in [0.1, 0.15) is 5.69 Å². The van der Waals surface area contributed by atoms with Crippen molar-refractivity contribution in [2.45, 2.75) is 18.2 Å². The summed E-state index contributed by atoms with van der Waals surface area (Å²) in [6, 6.07) is 5.69. The van der Waals surface area contributed by atoms with Crippen LogP contribution in [0.15, 0.2) is 35.6 Å². The number of amides is 1. The fourth-order valence-electron chi connectivity index (χ4n) is 1.72. The number of aryl methyl sites for hydroxylation is 1. The lowest BCUT2D eigenvalue weighted by atomic mass is 10.2. The normalized spacial score (nSPS) is 10.5. The predicted molar refractivity (Wildman–Crippen MR) is 83.0 cm³/mol. The molecule has 0 unspecified atom stereocenters. The predicted octanol–water partition coefficient (Wildman–Crippen LogP) is 2.76. The monoisotopic (exact) mass is 290 g/mol. The van der Waals surface area contributed by atoms with Crippen LogP contribution in [0.5, 0.6) is 0 Å². The minimum absolute atomic E-state index is 0.214. The number of hydrogen-bond donors (Lipinski definition) is 2. The van der Waals surface area contributed by atoms with Gasteiger partial charge < -0.3 is 15.6 Å². The molecule has 0 fully saturated rings. The van der Waals surface area contributed by atoms with E-state index in [4.69, 9.17) is 5.73 Å². The van der Waals surface area contributed by atoms with E-state index >= 15 is 0 Å². The van der Waals surface area contributed by atoms with Gasteiger partial charge in [0.25, 0.3) is 5.91 Å². The number of imidazole rings is 1. The molecule has 3 N–H and O–H groups in total. The number of nitrogens with one attached hydrogen (secondary N) is 1. The van der Waals surface area contributed by atoms with Crippen molar-refractivity contribution in [3.05, 3.63) is 36.4 Å². The smallest absolute Gasteiger partial charge is 0.273 e. The van der Waals surface area contributed by atoms with E-state index in [0.29, 0.717) is 17.1 Å². The van der Waals surface area contributed by atoms with Gasteiger partial charge in [-0.15, -0.1) is 11.8 Å². The van der Waals surface area contributed by atoms with Gasteiger partial charge in [-0.25, -0.2) is 4.98 Å². The van der Waals surface area contributed by atoms with Crippen molar-refractivity contribution in [1.29, 1.82) is 0 Å². The number of aromatic nitrogens is 2. The molecule has 0 radical (unpaired) electrons. The first-order valence-corrected chi connectivity index (χ1v) is 7.40. The SMILES string of the molecule is CCCSc1ccc(N)c(NC(=O)c2cncn2C)c1. The third-order valence-electron chi connectivity index (χ3n) is 2.80. The summed E-state index contributed by atoms with van der Waals surface area (Å²) in [5.74, 6) is 0.827. The standard InChI is InChI=1S/C14H18N4OS/c1-3-6-20-10-4-5-11(15)12(7-10)17-14(19)13-8-16-9-18(13)2/h4-5,7-9H,3,6,15H2,1-2H3,(H,17,19). The Labute approximate surface area is 122 Å². The molecular weight excluding hydrogens is 272 g/mol. The number of rotatable bonds is 5. The molecule has 0 aliphatic rings. The fourth-order valence-corrected chi connectivity index (χ4v) is 2.52. The van der Waals surface area contributed by atoms with Gasteiger partial charge in [0.2, 0.25) is 0 Å². The number of carbonyl (C=O) groups is 1. The number of benzene rings is 1. The first-order valence-electron chi connectivity index (χ1n) is 6.41. The molecule has 0 aliphatic heterocycles. The van der Waals surface area contributed by atoms with Crippen LogP contribution in [0.4, 0.5) is 11.4 Å². The molecule has 1 aromatic heterocycles. The minimum Gasteiger partial charge on any atom is -0.397 e. The first kappa shape index (κ1) is 14.5. The number of carbonyl (C=O) groups excluding carboxylic acids is 1. The maximum Gasteiger partial charge on any atom is 0.273 e. The van der Waals surface area contributed by atoms with Crippen molar-refractivity contribution >= 4 is 29.0 Å². The highest BCUT2D eigenvalue weighted by molar-refractivity contribution is 7.99. The van der Waals surface area contributed by atoms with E-state index < -0.39 is 0 Å². The Balaban J connectivity index is 2.16. The Morgan fingerprint density at radius 2 is 2.30 bits per heavy atom. The number of nitrogen functional groups attached to an aromatic ring is 1. The minimum atomic E-state index is -0.214. The summed E-state index contributed by atoms with van der Waals surface area (Å²) in [6.07, 6.45) is 4.22. The maximum atomic E-state index is 12.1. The van der Waals surface area contributed by atoms with Crippen molar-refractivity contribution in [2.24, 2.45) is 7.05 Å². The molecule has 1 heterocycles. The summed E-state index contributed by atoms with van der Waals surface area (Å²) in [5.41, 5.74) is 7.60. The molecule has 0 spiro atoms. The van der Waals surface area contributed by atoms with Crippen molar-refractivity contribution in [2.75, 3.05) is 16.8 Å². The van der Waals surface area contributed by atoms with Gasteiger partial charge in [-0.3, -0.25) is 4.79 Å². The lowest BCUT2D eigenvalue weighted by Gasteiger charge is -2.10. The van der Waals surface area contributed by atoms with Gasteiger partial charge in [-0.1, -0.05) is 6.92 Å². The number of anilines is 2. The van der Waals surface area contributed by atoms with Gasteiger partial charge >= 0.3 is 0 Å². The van der Waals surface area contributed by atoms with Crippen LogP contribution in [0.3, 0.4) is 0 Å². The molecule has 6 heteroatoms. The van der Waals surface area contributed by atoms with Crippen LogP contribution in [0, 0.1) is 0 Å². The fraction of sp³-hybridized carbons (Fsp3) is 0.286. The summed E-state index contributed by atoms with van der Waals surface area (Å²) >= 11 is 1.75. The zero-order chi connectivity index (χ0) is 14.5.